The first-order valence-corrected chi connectivity index (χ1v) is 12.0. The van der Waals surface area contributed by atoms with Gasteiger partial charge in [-0.1, -0.05) is 0 Å². The van der Waals surface area contributed by atoms with Gasteiger partial charge in [-0.3, -0.25) is 0 Å². The summed E-state index contributed by atoms with van der Waals surface area (Å²) >= 11 is 0. The fourth-order valence-electron chi connectivity index (χ4n) is 3.42. The minimum atomic E-state index is -3.38. The first-order valence-electron chi connectivity index (χ1n) is 8.56. The number of sulfonamides is 1. The molecule has 1 atom stereocenters. The molecule has 2 saturated heterocycles. The Labute approximate surface area is 149 Å². The van der Waals surface area contributed by atoms with Gasteiger partial charge >= 0.3 is 0 Å². The van der Waals surface area contributed by atoms with Crippen molar-refractivity contribution in [1.82, 2.24) is 14.9 Å². The first-order chi connectivity index (χ1) is 11.8. The number of aromatic nitrogens is 2. The summed E-state index contributed by atoms with van der Waals surface area (Å²) in [5, 5.41) is 7.94. The van der Waals surface area contributed by atoms with E-state index in [-0.39, 0.29) is 29.2 Å². The summed E-state index contributed by atoms with van der Waals surface area (Å²) in [6.07, 6.45) is 4.04. The smallest absolute Gasteiger partial charge is 0.211 e. The van der Waals surface area contributed by atoms with Crippen molar-refractivity contribution in [3.63, 3.8) is 0 Å². The number of hydrogen-bond acceptors (Lipinski definition) is 7. The van der Waals surface area contributed by atoms with E-state index >= 15 is 0 Å². The Bertz CT molecular complexity index is 775. The highest BCUT2D eigenvalue weighted by Gasteiger charge is 2.30. The van der Waals surface area contributed by atoms with Gasteiger partial charge in [0.25, 0.3) is 0 Å². The zero-order valence-corrected chi connectivity index (χ0v) is 15.7. The normalized spacial score (nSPS) is 24.5. The number of nitrogens with zero attached hydrogens (tertiary/aromatic N) is 3. The zero-order chi connectivity index (χ0) is 17.9. The highest BCUT2D eigenvalue weighted by atomic mass is 32.2. The molecule has 140 valence electrons. The highest BCUT2D eigenvalue weighted by molar-refractivity contribution is 7.91. The quantitative estimate of drug-likeness (QED) is 0.741. The molecule has 3 rings (SSSR count). The van der Waals surface area contributed by atoms with Crippen LogP contribution in [0.5, 0.6) is 0 Å². The second-order valence-corrected chi connectivity index (χ2v) is 10.9. The molecule has 0 saturated carbocycles. The van der Waals surface area contributed by atoms with Gasteiger partial charge in [0, 0.05) is 25.3 Å². The summed E-state index contributed by atoms with van der Waals surface area (Å²) in [5.74, 6) is 1.09. The fourth-order valence-corrected chi connectivity index (χ4v) is 6.84. The number of anilines is 1. The maximum absolute atomic E-state index is 12.3. The van der Waals surface area contributed by atoms with Gasteiger partial charge in [-0.15, -0.1) is 5.10 Å². The van der Waals surface area contributed by atoms with Gasteiger partial charge in [0.05, 0.1) is 17.3 Å². The highest BCUT2D eigenvalue weighted by Crippen LogP contribution is 2.22. The Morgan fingerprint density at radius 2 is 2.00 bits per heavy atom. The lowest BCUT2D eigenvalue weighted by molar-refractivity contribution is 0.455. The van der Waals surface area contributed by atoms with Gasteiger partial charge in [-0.25, -0.2) is 21.6 Å². The Kier molecular flexibility index (Phi) is 5.59. The molecule has 2 fully saturated rings. The van der Waals surface area contributed by atoms with Gasteiger partial charge in [0.2, 0.25) is 10.0 Å². The summed E-state index contributed by atoms with van der Waals surface area (Å²) in [4.78, 5) is 2.10. The molecule has 0 amide bonds. The average Bonchev–Trinajstić information content (AvgIpc) is 2.94. The van der Waals surface area contributed by atoms with Crippen LogP contribution in [-0.2, 0) is 19.9 Å². The second kappa shape index (κ2) is 7.55. The third-order valence-corrected chi connectivity index (χ3v) is 8.15. The van der Waals surface area contributed by atoms with Crippen LogP contribution in [0.25, 0.3) is 0 Å². The van der Waals surface area contributed by atoms with Crippen LogP contribution in [0.3, 0.4) is 0 Å². The van der Waals surface area contributed by atoms with Gasteiger partial charge in [-0.2, -0.15) is 5.10 Å². The van der Waals surface area contributed by atoms with Gasteiger partial charge in [-0.05, 0) is 43.7 Å². The van der Waals surface area contributed by atoms with Crippen LogP contribution in [0.15, 0.2) is 18.3 Å². The molecule has 10 heteroatoms. The maximum atomic E-state index is 12.3. The third kappa shape index (κ3) is 5.35. The summed E-state index contributed by atoms with van der Waals surface area (Å²) < 4.78 is 50.2. The van der Waals surface area contributed by atoms with Crippen molar-refractivity contribution in [3.05, 3.63) is 18.3 Å². The zero-order valence-electron chi connectivity index (χ0n) is 14.0. The van der Waals surface area contributed by atoms with E-state index in [0.717, 1.165) is 18.9 Å². The number of nitrogens with one attached hydrogen (secondary N) is 1. The Hall–Kier alpha value is -1.26. The van der Waals surface area contributed by atoms with E-state index < -0.39 is 19.9 Å². The minimum Gasteiger partial charge on any atom is -0.355 e. The summed E-state index contributed by atoms with van der Waals surface area (Å²) in [5.41, 5.74) is 0. The molecule has 0 aromatic carbocycles. The van der Waals surface area contributed by atoms with Gasteiger partial charge in [0.15, 0.2) is 15.7 Å². The molecule has 1 aromatic heterocycles. The molecular formula is C15H24N4O4S2. The lowest BCUT2D eigenvalue weighted by Gasteiger charge is -2.32. The van der Waals surface area contributed by atoms with Crippen molar-refractivity contribution in [2.75, 3.05) is 35.2 Å². The predicted octanol–water partition coefficient (Wildman–Crippen LogP) is 0.190. The predicted molar refractivity (Wildman–Crippen MR) is 95.6 cm³/mol. The van der Waals surface area contributed by atoms with Crippen molar-refractivity contribution in [1.29, 1.82) is 0 Å². The molecule has 0 bridgehead atoms. The summed E-state index contributed by atoms with van der Waals surface area (Å²) in [6, 6.07) is 3.65. The van der Waals surface area contributed by atoms with Crippen LogP contribution in [0.1, 0.15) is 25.7 Å². The van der Waals surface area contributed by atoms with E-state index in [4.69, 9.17) is 0 Å². The van der Waals surface area contributed by atoms with Crippen molar-refractivity contribution >= 4 is 25.7 Å². The van der Waals surface area contributed by atoms with E-state index in [9.17, 15) is 16.8 Å². The molecule has 0 aliphatic carbocycles. The number of piperidine rings is 1. The van der Waals surface area contributed by atoms with Crippen LogP contribution in [-0.4, -0.2) is 63.4 Å². The Morgan fingerprint density at radius 1 is 1.24 bits per heavy atom. The Balaban J connectivity index is 1.44. The summed E-state index contributed by atoms with van der Waals surface area (Å²) in [6.45, 7) is 1.46. The van der Waals surface area contributed by atoms with E-state index in [2.05, 4.69) is 19.8 Å². The minimum absolute atomic E-state index is 0.00242. The van der Waals surface area contributed by atoms with Gasteiger partial charge in [0.1, 0.15) is 0 Å². The van der Waals surface area contributed by atoms with Crippen molar-refractivity contribution < 1.29 is 16.8 Å². The largest absolute Gasteiger partial charge is 0.355 e. The molecule has 2 aliphatic rings. The van der Waals surface area contributed by atoms with E-state index in [0.29, 0.717) is 25.7 Å². The molecule has 8 nitrogen and oxygen atoms in total. The fraction of sp³-hybridized carbons (Fsp3) is 0.733. The van der Waals surface area contributed by atoms with Crippen molar-refractivity contribution in [3.8, 4) is 0 Å². The lowest BCUT2D eigenvalue weighted by atomic mass is 10.1. The lowest BCUT2D eigenvalue weighted by Crippen LogP contribution is -2.45. The monoisotopic (exact) mass is 388 g/mol. The Morgan fingerprint density at radius 3 is 2.60 bits per heavy atom. The van der Waals surface area contributed by atoms with Crippen LogP contribution >= 0.6 is 0 Å². The van der Waals surface area contributed by atoms with E-state index in [1.807, 2.05) is 12.1 Å². The molecular weight excluding hydrogens is 364 g/mol. The van der Waals surface area contributed by atoms with Crippen molar-refractivity contribution in [2.45, 2.75) is 31.7 Å². The standard InChI is InChI=1S/C15H24N4O4S2/c20-24(21)10-5-13(12-24)6-11-25(22,23)18-14-3-8-19(9-4-14)15-2-1-7-16-17-15/h1-2,7,13-14,18H,3-6,8-12H2. The van der Waals surface area contributed by atoms with Crippen molar-refractivity contribution in [2.24, 2.45) is 5.92 Å². The number of sulfone groups is 1. The van der Waals surface area contributed by atoms with Crippen LogP contribution < -0.4 is 9.62 Å². The van der Waals surface area contributed by atoms with E-state index in [1.54, 1.807) is 6.20 Å². The molecule has 3 heterocycles. The van der Waals surface area contributed by atoms with E-state index in [1.165, 1.54) is 0 Å². The molecule has 25 heavy (non-hydrogen) atoms. The number of rotatable bonds is 6. The topological polar surface area (TPSA) is 109 Å². The molecule has 1 unspecified atom stereocenters. The molecule has 2 aliphatic heterocycles. The SMILES string of the molecule is O=S1(=O)CCC(CCS(=O)(=O)NC2CCN(c3cccnn3)CC2)C1. The van der Waals surface area contributed by atoms with Crippen LogP contribution in [0, 0.1) is 5.92 Å². The second-order valence-electron chi connectivity index (χ2n) is 6.84. The van der Waals surface area contributed by atoms with Crippen LogP contribution in [0.4, 0.5) is 5.82 Å². The van der Waals surface area contributed by atoms with Crippen LogP contribution in [0.2, 0.25) is 0 Å². The average molecular weight is 389 g/mol. The first kappa shape index (κ1) is 18.5. The maximum Gasteiger partial charge on any atom is 0.211 e. The molecule has 0 spiro atoms. The number of hydrogen-bond donors (Lipinski definition) is 1. The molecule has 1 N–H and O–H groups in total. The summed E-state index contributed by atoms with van der Waals surface area (Å²) in [7, 11) is -6.33. The third-order valence-electron chi connectivity index (χ3n) is 4.84. The van der Waals surface area contributed by atoms with Gasteiger partial charge < -0.3 is 4.90 Å². The molecule has 0 radical (unpaired) electrons. The molecule has 1 aromatic rings.